The van der Waals surface area contributed by atoms with Gasteiger partial charge in [-0.1, -0.05) is 59.9 Å². The summed E-state index contributed by atoms with van der Waals surface area (Å²) < 4.78 is 25.4. The molecule has 0 spiro atoms. The molecule has 12 nitrogen and oxygen atoms in total. The fourth-order valence-corrected chi connectivity index (χ4v) is 13.2. The molecule has 2 N–H and O–H groups in total. The van der Waals surface area contributed by atoms with Gasteiger partial charge in [0.2, 0.25) is 0 Å². The number of ether oxygens (including phenoxy) is 4. The molecule has 2 heterocycles. The molecule has 0 amide bonds. The zero-order valence-electron chi connectivity index (χ0n) is 34.5. The number of hydrogen-bond acceptors (Lipinski definition) is 14. The Morgan fingerprint density at radius 2 is 0.903 bits per heavy atom. The van der Waals surface area contributed by atoms with Crippen LogP contribution in [0.5, 0.6) is 23.0 Å². The second-order valence-electron chi connectivity index (χ2n) is 15.6. The van der Waals surface area contributed by atoms with Crippen LogP contribution in [0.25, 0.3) is 9.69 Å². The lowest BCUT2D eigenvalue weighted by atomic mass is 9.69. The number of fused-ring (bicyclic) bond motifs is 2. The highest BCUT2D eigenvalue weighted by Crippen LogP contribution is 2.60. The monoisotopic (exact) mass is 914 g/mol. The van der Waals surface area contributed by atoms with Crippen LogP contribution in [-0.2, 0) is 9.59 Å². The molecule has 6 rings (SSSR count). The molecule has 2 fully saturated rings. The van der Waals surface area contributed by atoms with Crippen LogP contribution in [0.15, 0.2) is 63.7 Å². The molecule has 16 heteroatoms. The number of rotatable bonds is 19. The highest BCUT2D eigenvalue weighted by Gasteiger charge is 2.37. The number of esters is 2. The van der Waals surface area contributed by atoms with E-state index in [4.69, 9.17) is 42.3 Å². The average molecular weight is 915 g/mol. The maximum Gasteiger partial charge on any atom is 0.314 e. The van der Waals surface area contributed by atoms with Gasteiger partial charge in [-0.2, -0.15) is 0 Å². The second-order valence-corrected chi connectivity index (χ2v) is 20.2. The second kappa shape index (κ2) is 24.0. The normalized spacial score (nSPS) is 21.8. The van der Waals surface area contributed by atoms with Crippen LogP contribution in [0, 0.1) is 59.5 Å². The Hall–Kier alpha value is -4.26. The molecule has 0 unspecified atom stereocenters. The summed E-state index contributed by atoms with van der Waals surface area (Å²) in [5, 5.41) is 37.2. The van der Waals surface area contributed by atoms with E-state index in [2.05, 4.69) is 9.69 Å². The van der Waals surface area contributed by atoms with Gasteiger partial charge >= 0.3 is 11.9 Å². The van der Waals surface area contributed by atoms with Crippen LogP contribution in [0.3, 0.4) is 0 Å². The Kier molecular flexibility index (Phi) is 18.3. The standard InChI is InChI=1S/C46H50N4O8S4/c1-49-33(27-47)45-59-39-35(55-25-9-5-3-7-23-51)19-21-37(41(39)61-45)57-43(53)31-15-11-29(12-16-31)30-13-17-32(18-14-30)44(54)58-38-22-20-36(56-26-10-6-4-8-24-52)40-42(38)62-46(60-40)34(28-48)50-2/h19-22,29-32,51-52H,3-18,23-26H2/b45-33-,46-34+. The van der Waals surface area contributed by atoms with Gasteiger partial charge in [-0.3, -0.25) is 9.59 Å². The maximum atomic E-state index is 13.6. The van der Waals surface area contributed by atoms with E-state index in [0.29, 0.717) is 66.3 Å². The van der Waals surface area contributed by atoms with E-state index >= 15 is 0 Å². The van der Waals surface area contributed by atoms with Gasteiger partial charge in [0.1, 0.15) is 23.0 Å². The smallest absolute Gasteiger partial charge is 0.314 e. The largest absolute Gasteiger partial charge is 0.492 e. The van der Waals surface area contributed by atoms with Crippen LogP contribution >= 0.6 is 47.0 Å². The lowest BCUT2D eigenvalue weighted by Crippen LogP contribution is -2.32. The van der Waals surface area contributed by atoms with Gasteiger partial charge in [0.15, 0.2) is 0 Å². The molecular weight excluding hydrogens is 865 g/mol. The van der Waals surface area contributed by atoms with Crippen LogP contribution in [0.2, 0.25) is 0 Å². The molecule has 2 aromatic carbocycles. The van der Waals surface area contributed by atoms with Gasteiger partial charge in [0.05, 0.1) is 78.4 Å². The molecule has 4 aliphatic rings. The van der Waals surface area contributed by atoms with E-state index in [9.17, 15) is 20.1 Å². The van der Waals surface area contributed by atoms with Crippen LogP contribution in [0.1, 0.15) is 103 Å². The molecular formula is C46H50N4O8S4. The third-order valence-electron chi connectivity index (χ3n) is 11.6. The van der Waals surface area contributed by atoms with Crippen molar-refractivity contribution in [3.8, 4) is 35.1 Å². The molecule has 0 aromatic heterocycles. The van der Waals surface area contributed by atoms with Crippen molar-refractivity contribution in [3.63, 3.8) is 0 Å². The number of thioether (sulfide) groups is 4. The number of unbranched alkanes of at least 4 members (excludes halogenated alkanes) is 6. The van der Waals surface area contributed by atoms with E-state index < -0.39 is 0 Å². The van der Waals surface area contributed by atoms with Crippen molar-refractivity contribution in [1.82, 2.24) is 0 Å². The number of carbonyl (C=O) groups is 2. The van der Waals surface area contributed by atoms with Crippen molar-refractivity contribution in [2.24, 2.45) is 23.7 Å². The summed E-state index contributed by atoms with van der Waals surface area (Å²) >= 11 is 5.11. The quantitative estimate of drug-likeness (QED) is 0.0449. The predicted octanol–water partition coefficient (Wildman–Crippen LogP) is 11.3. The summed E-state index contributed by atoms with van der Waals surface area (Å²) in [6.45, 7) is 16.2. The molecule has 0 radical (unpaired) electrons. The first kappa shape index (κ1) is 47.2. The fourth-order valence-electron chi connectivity index (χ4n) is 8.20. The third-order valence-corrected chi connectivity index (χ3v) is 16.8. The van der Waals surface area contributed by atoms with Gasteiger partial charge in [-0.15, -0.1) is 0 Å². The summed E-state index contributed by atoms with van der Waals surface area (Å²) in [6, 6.07) is 11.0. The van der Waals surface area contributed by atoms with Crippen molar-refractivity contribution >= 4 is 59.0 Å². The van der Waals surface area contributed by atoms with Gasteiger partial charge in [-0.05, 0) is 126 Å². The minimum absolute atomic E-state index is 0.0102. The number of hydrogen-bond donors (Lipinski definition) is 2. The number of aliphatic hydroxyl groups excluding tert-OH is 2. The average Bonchev–Trinajstić information content (AvgIpc) is 3.95. The lowest BCUT2D eigenvalue weighted by Gasteiger charge is -2.36. The van der Waals surface area contributed by atoms with E-state index in [1.54, 1.807) is 24.3 Å². The van der Waals surface area contributed by atoms with E-state index in [1.165, 1.54) is 47.0 Å². The van der Waals surface area contributed by atoms with Crippen molar-refractivity contribution in [2.45, 2.75) is 122 Å². The number of benzene rings is 2. The number of carbonyl (C=O) groups excluding carboxylic acids is 2. The first-order valence-electron chi connectivity index (χ1n) is 21.3. The number of nitrogens with zero attached hydrogens (tertiary/aromatic N) is 4. The predicted molar refractivity (Wildman–Crippen MR) is 239 cm³/mol. The molecule has 2 saturated carbocycles. The summed E-state index contributed by atoms with van der Waals surface area (Å²) in [6.07, 6.45) is 13.4. The highest BCUT2D eigenvalue weighted by atomic mass is 32.2. The Bertz CT molecular complexity index is 2000. The summed E-state index contributed by atoms with van der Waals surface area (Å²) in [5.41, 5.74) is -0.0204. The first-order chi connectivity index (χ1) is 30.3. The zero-order chi connectivity index (χ0) is 43.8. The van der Waals surface area contributed by atoms with Crippen LogP contribution in [0.4, 0.5) is 0 Å². The summed E-state index contributed by atoms with van der Waals surface area (Å²) in [7, 11) is 0. The molecule has 2 aliphatic carbocycles. The maximum absolute atomic E-state index is 13.6. The van der Waals surface area contributed by atoms with E-state index in [1.807, 2.05) is 12.1 Å². The minimum atomic E-state index is -0.277. The fraction of sp³-hybridized carbons (Fsp3) is 0.522. The number of aliphatic hydroxyl groups is 2. The Morgan fingerprint density at radius 1 is 0.565 bits per heavy atom. The summed E-state index contributed by atoms with van der Waals surface area (Å²) in [5.74, 6) is 1.94. The Labute approximate surface area is 380 Å². The number of nitriles is 2. The zero-order valence-corrected chi connectivity index (χ0v) is 37.8. The molecule has 2 aromatic rings. The van der Waals surface area contributed by atoms with Crippen molar-refractivity contribution in [3.05, 3.63) is 67.0 Å². The third kappa shape index (κ3) is 12.0. The molecule has 0 bridgehead atoms. The van der Waals surface area contributed by atoms with Gasteiger partial charge in [0.25, 0.3) is 11.4 Å². The summed E-state index contributed by atoms with van der Waals surface area (Å²) in [4.78, 5) is 36.8. The van der Waals surface area contributed by atoms with Crippen molar-refractivity contribution in [2.75, 3.05) is 26.4 Å². The van der Waals surface area contributed by atoms with Crippen LogP contribution < -0.4 is 18.9 Å². The lowest BCUT2D eigenvalue weighted by molar-refractivity contribution is -0.142. The van der Waals surface area contributed by atoms with Gasteiger partial charge < -0.3 is 29.2 Å². The van der Waals surface area contributed by atoms with Crippen molar-refractivity contribution in [1.29, 1.82) is 10.5 Å². The molecule has 0 saturated heterocycles. The van der Waals surface area contributed by atoms with Crippen molar-refractivity contribution < 1.29 is 38.7 Å². The molecule has 62 heavy (non-hydrogen) atoms. The first-order valence-corrected chi connectivity index (χ1v) is 24.6. The minimum Gasteiger partial charge on any atom is -0.492 e. The number of allylic oxidation sites excluding steroid dienone is 2. The highest BCUT2D eigenvalue weighted by molar-refractivity contribution is 8.25. The molecule has 2 aliphatic heterocycles. The van der Waals surface area contributed by atoms with Gasteiger partial charge in [-0.25, -0.2) is 20.2 Å². The van der Waals surface area contributed by atoms with Crippen LogP contribution in [-0.4, -0.2) is 48.6 Å². The topological polar surface area (TPSA) is 168 Å². The van der Waals surface area contributed by atoms with E-state index in [0.717, 1.165) is 113 Å². The Morgan fingerprint density at radius 3 is 1.24 bits per heavy atom. The van der Waals surface area contributed by atoms with E-state index in [-0.39, 0.29) is 48.4 Å². The SMILES string of the molecule is [C-]#[N+]/C(C#N)=C1/Sc2c(OCCCCCCO)ccc(OC(=O)C3CCC(C4CCC(C(=O)Oc5ccc(OCCCCCCO)c6c5S/C(=C(\C#N)[N+]#[C-])S6)CC4)CC3)c2S1. The Balaban J connectivity index is 1.00. The molecule has 326 valence electrons. The van der Waals surface area contributed by atoms with Gasteiger partial charge in [0, 0.05) is 13.2 Å². The molecule has 0 atom stereocenters.